The van der Waals surface area contributed by atoms with E-state index >= 15 is 0 Å². The molecule has 0 unspecified atom stereocenters. The normalized spacial score (nSPS) is 17.4. The Balaban J connectivity index is 1.98. The van der Waals surface area contributed by atoms with Crippen LogP contribution in [0.15, 0.2) is 0 Å². The zero-order chi connectivity index (χ0) is 30.3. The van der Waals surface area contributed by atoms with Gasteiger partial charge in [-0.25, -0.2) is 0 Å². The molecule has 0 spiro atoms. The van der Waals surface area contributed by atoms with Crippen LogP contribution in [0.2, 0.25) is 0 Å². The topological polar surface area (TPSA) is 55.8 Å². The fourth-order valence-electron chi connectivity index (χ4n) is 5.99. The average Bonchev–Trinajstić information content (AvgIpc) is 3.31. The summed E-state index contributed by atoms with van der Waals surface area (Å²) in [5.41, 5.74) is 0. The molecule has 1 aliphatic rings. The van der Waals surface area contributed by atoms with E-state index in [1.54, 1.807) is 0 Å². The Labute approximate surface area is 255 Å². The predicted octanol–water partition coefficient (Wildman–Crippen LogP) is 9.83. The Morgan fingerprint density at radius 3 is 1.56 bits per heavy atom. The van der Waals surface area contributed by atoms with Crippen LogP contribution in [0.25, 0.3) is 0 Å². The fraction of sp³-hybridized carbons (Fsp3) is 0.944. The highest BCUT2D eigenvalue weighted by atomic mass is 16.5. The summed E-state index contributed by atoms with van der Waals surface area (Å²) in [6, 6.07) is 0.116. The van der Waals surface area contributed by atoms with Gasteiger partial charge in [-0.15, -0.1) is 0 Å². The summed E-state index contributed by atoms with van der Waals surface area (Å²) in [7, 11) is 0. The molecule has 1 fully saturated rings. The van der Waals surface area contributed by atoms with Crippen molar-refractivity contribution in [1.82, 2.24) is 4.90 Å². The Bertz CT molecular complexity index is 647. The van der Waals surface area contributed by atoms with Crippen LogP contribution < -0.4 is 0 Å². The van der Waals surface area contributed by atoms with E-state index in [0.29, 0.717) is 31.8 Å². The summed E-state index contributed by atoms with van der Waals surface area (Å²) in [4.78, 5) is 27.2. The quantitative estimate of drug-likeness (QED) is 0.0909. The van der Waals surface area contributed by atoms with Crippen LogP contribution in [-0.4, -0.2) is 54.1 Å². The number of amides is 1. The first kappa shape index (κ1) is 38.1. The molecule has 0 aromatic rings. The number of nitrogens with zero attached hydrogens (tertiary/aromatic N) is 1. The van der Waals surface area contributed by atoms with Crippen molar-refractivity contribution in [3.05, 3.63) is 0 Å². The van der Waals surface area contributed by atoms with Gasteiger partial charge in [-0.05, 0) is 59.3 Å². The second-order valence-corrected chi connectivity index (χ2v) is 13.8. The molecule has 0 aromatic carbocycles. The molecule has 1 aliphatic heterocycles. The summed E-state index contributed by atoms with van der Waals surface area (Å²) in [5.74, 6) is 1.51. The summed E-state index contributed by atoms with van der Waals surface area (Å²) < 4.78 is 11.9. The van der Waals surface area contributed by atoms with Gasteiger partial charge in [0.05, 0.1) is 31.0 Å². The zero-order valence-electron chi connectivity index (χ0n) is 28.2. The molecule has 1 amide bonds. The van der Waals surface area contributed by atoms with Crippen molar-refractivity contribution in [2.24, 2.45) is 5.92 Å². The first-order chi connectivity index (χ1) is 19.7. The van der Waals surface area contributed by atoms with Gasteiger partial charge in [0, 0.05) is 25.8 Å². The Morgan fingerprint density at radius 1 is 0.634 bits per heavy atom. The summed E-state index contributed by atoms with van der Waals surface area (Å²) in [5, 5.41) is 0. The average molecular weight is 580 g/mol. The number of hydrogen-bond acceptors (Lipinski definition) is 4. The van der Waals surface area contributed by atoms with Crippen molar-refractivity contribution in [2.45, 2.75) is 201 Å². The first-order valence-electron chi connectivity index (χ1n) is 17.8. The minimum absolute atomic E-state index is 0.106. The molecule has 41 heavy (non-hydrogen) atoms. The number of hydrogen-bond donors (Lipinski definition) is 0. The van der Waals surface area contributed by atoms with E-state index in [9.17, 15) is 9.59 Å². The van der Waals surface area contributed by atoms with Crippen molar-refractivity contribution in [3.63, 3.8) is 0 Å². The summed E-state index contributed by atoms with van der Waals surface area (Å²) >= 11 is 0. The van der Waals surface area contributed by atoms with Crippen molar-refractivity contribution < 1.29 is 19.1 Å². The van der Waals surface area contributed by atoms with E-state index < -0.39 is 0 Å². The molecule has 0 bridgehead atoms. The van der Waals surface area contributed by atoms with Crippen molar-refractivity contribution in [1.29, 1.82) is 0 Å². The lowest BCUT2D eigenvalue weighted by Crippen LogP contribution is -2.39. The predicted molar refractivity (Wildman–Crippen MR) is 173 cm³/mol. The number of ether oxygens (including phenoxy) is 2. The number of carbonyl (C=O) groups excluding carboxylic acids is 2. The number of ketones is 1. The van der Waals surface area contributed by atoms with Crippen LogP contribution in [0.1, 0.15) is 176 Å². The van der Waals surface area contributed by atoms with Crippen molar-refractivity contribution in [3.8, 4) is 0 Å². The van der Waals surface area contributed by atoms with Crippen LogP contribution in [0.5, 0.6) is 0 Å². The number of unbranched alkanes of at least 4 members (excludes halogenated alkanes) is 14. The number of carbonyl (C=O) groups is 2. The molecule has 0 radical (unpaired) electrons. The molecule has 0 saturated carbocycles. The molecule has 0 aromatic heterocycles. The molecular formula is C36H69NO4. The molecule has 0 N–H and O–H groups in total. The third kappa shape index (κ3) is 21.4. The summed E-state index contributed by atoms with van der Waals surface area (Å²) in [6.07, 6.45) is 24.7. The number of likely N-dealkylation sites (tertiary alicyclic amines) is 1. The van der Waals surface area contributed by atoms with Gasteiger partial charge in [0.15, 0.2) is 0 Å². The van der Waals surface area contributed by atoms with Crippen LogP contribution >= 0.6 is 0 Å². The Hall–Kier alpha value is -0.940. The molecule has 242 valence electrons. The van der Waals surface area contributed by atoms with E-state index in [1.165, 1.54) is 77.0 Å². The van der Waals surface area contributed by atoms with E-state index in [1.807, 2.05) is 18.7 Å². The molecule has 5 heteroatoms. The third-order valence-electron chi connectivity index (χ3n) is 8.37. The van der Waals surface area contributed by atoms with Gasteiger partial charge < -0.3 is 14.4 Å². The SMILES string of the molecule is CC(C)CCCCCCCCCCCCCCC(=O)CCCCCCC(=O)N1C[C@H](OC(C)C)C[C@H]1COC(C)C. The van der Waals surface area contributed by atoms with Crippen LogP contribution in [-0.2, 0) is 19.1 Å². The summed E-state index contributed by atoms with van der Waals surface area (Å²) in [6.45, 7) is 14.1. The smallest absolute Gasteiger partial charge is 0.222 e. The molecule has 2 atom stereocenters. The van der Waals surface area contributed by atoms with Gasteiger partial charge in [-0.3, -0.25) is 9.59 Å². The van der Waals surface area contributed by atoms with Crippen molar-refractivity contribution >= 4 is 11.7 Å². The van der Waals surface area contributed by atoms with Crippen LogP contribution in [0.4, 0.5) is 0 Å². The maximum absolute atomic E-state index is 13.0. The molecule has 0 aliphatic carbocycles. The van der Waals surface area contributed by atoms with Gasteiger partial charge >= 0.3 is 0 Å². The Morgan fingerprint density at radius 2 is 1.10 bits per heavy atom. The molecule has 1 rings (SSSR count). The standard InChI is InChI=1S/C36H69NO4/c1-30(2)23-19-15-13-11-9-7-8-10-12-14-16-20-24-34(38)25-21-17-18-22-26-36(39)37-28-35(41-32(5)6)27-33(37)29-40-31(3)4/h30-33,35H,7-29H2,1-6H3/t33-,35+/m0/s1. The van der Waals surface area contributed by atoms with E-state index in [2.05, 4.69) is 27.7 Å². The fourth-order valence-corrected chi connectivity index (χ4v) is 5.99. The minimum atomic E-state index is 0.106. The zero-order valence-corrected chi connectivity index (χ0v) is 28.2. The van der Waals surface area contributed by atoms with Gasteiger partial charge in [0.2, 0.25) is 5.91 Å². The van der Waals surface area contributed by atoms with Gasteiger partial charge in [-0.2, -0.15) is 0 Å². The van der Waals surface area contributed by atoms with Crippen LogP contribution in [0.3, 0.4) is 0 Å². The largest absolute Gasteiger partial charge is 0.377 e. The first-order valence-corrected chi connectivity index (χ1v) is 17.8. The lowest BCUT2D eigenvalue weighted by molar-refractivity contribution is -0.134. The lowest BCUT2D eigenvalue weighted by atomic mass is 10.0. The van der Waals surface area contributed by atoms with Gasteiger partial charge in [0.1, 0.15) is 5.78 Å². The number of Topliss-reactive ketones (excluding diaryl/α,β-unsaturated/α-hetero) is 1. The van der Waals surface area contributed by atoms with E-state index in [-0.39, 0.29) is 30.3 Å². The van der Waals surface area contributed by atoms with E-state index in [0.717, 1.165) is 50.9 Å². The van der Waals surface area contributed by atoms with Gasteiger partial charge in [0.25, 0.3) is 0 Å². The number of rotatable bonds is 27. The third-order valence-corrected chi connectivity index (χ3v) is 8.37. The lowest BCUT2D eigenvalue weighted by Gasteiger charge is -2.25. The second kappa shape index (κ2) is 24.5. The minimum Gasteiger partial charge on any atom is -0.377 e. The molecule has 1 saturated heterocycles. The van der Waals surface area contributed by atoms with Crippen molar-refractivity contribution in [2.75, 3.05) is 13.2 Å². The van der Waals surface area contributed by atoms with Crippen LogP contribution in [0, 0.1) is 5.92 Å². The monoisotopic (exact) mass is 580 g/mol. The molecular weight excluding hydrogens is 510 g/mol. The highest BCUT2D eigenvalue weighted by molar-refractivity contribution is 5.78. The highest BCUT2D eigenvalue weighted by Gasteiger charge is 2.36. The second-order valence-electron chi connectivity index (χ2n) is 13.8. The van der Waals surface area contributed by atoms with E-state index in [4.69, 9.17) is 9.47 Å². The highest BCUT2D eigenvalue weighted by Crippen LogP contribution is 2.24. The Kier molecular flexibility index (Phi) is 22.8. The van der Waals surface area contributed by atoms with Gasteiger partial charge in [-0.1, -0.05) is 104 Å². The molecule has 1 heterocycles. The maximum atomic E-state index is 13.0. The maximum Gasteiger partial charge on any atom is 0.222 e. The molecule has 5 nitrogen and oxygen atoms in total.